The second-order valence-electron chi connectivity index (χ2n) is 3.34. The van der Waals surface area contributed by atoms with Gasteiger partial charge in [-0.1, -0.05) is 12.1 Å². The van der Waals surface area contributed by atoms with Crippen molar-refractivity contribution in [2.75, 3.05) is 30.7 Å². The normalized spacial score (nSPS) is 11.4. The fourth-order valence-electron chi connectivity index (χ4n) is 1.22. The van der Waals surface area contributed by atoms with Crippen LogP contribution in [0.4, 0.5) is 10.1 Å². The van der Waals surface area contributed by atoms with Crippen molar-refractivity contribution < 1.29 is 12.8 Å². The van der Waals surface area contributed by atoms with E-state index in [0.717, 1.165) is 4.31 Å². The first-order valence-electron chi connectivity index (χ1n) is 4.85. The van der Waals surface area contributed by atoms with E-state index in [-0.39, 0.29) is 11.4 Å². The molecule has 0 saturated heterocycles. The smallest absolute Gasteiger partial charge is 0.236 e. The first kappa shape index (κ1) is 12.9. The number of hydrogen-bond acceptors (Lipinski definition) is 3. The van der Waals surface area contributed by atoms with Crippen LogP contribution in [-0.4, -0.2) is 34.8 Å². The molecule has 0 unspecified atom stereocenters. The zero-order chi connectivity index (χ0) is 12.2. The molecule has 6 heteroatoms. The standard InChI is InChI=1S/C10H15FN2O2S/c1-12-7-8-16(14,15)13(2)10-6-4-3-5-9(10)11/h3-6,12H,7-8H2,1-2H3. The van der Waals surface area contributed by atoms with Gasteiger partial charge in [-0.05, 0) is 19.2 Å². The molecule has 0 radical (unpaired) electrons. The molecular weight excluding hydrogens is 231 g/mol. The molecule has 0 atom stereocenters. The van der Waals surface area contributed by atoms with Gasteiger partial charge in [0, 0.05) is 13.6 Å². The zero-order valence-electron chi connectivity index (χ0n) is 9.27. The summed E-state index contributed by atoms with van der Waals surface area (Å²) in [6.45, 7) is 0.334. The Bertz CT molecular complexity index is 448. The summed E-state index contributed by atoms with van der Waals surface area (Å²) in [6.07, 6.45) is 0. The first-order valence-corrected chi connectivity index (χ1v) is 6.45. The Kier molecular flexibility index (Phi) is 4.26. The van der Waals surface area contributed by atoms with Crippen LogP contribution < -0.4 is 9.62 Å². The average Bonchev–Trinajstić information content (AvgIpc) is 2.26. The molecule has 16 heavy (non-hydrogen) atoms. The van der Waals surface area contributed by atoms with Crippen LogP contribution in [0.25, 0.3) is 0 Å². The molecule has 0 aliphatic rings. The van der Waals surface area contributed by atoms with Gasteiger partial charge in [-0.2, -0.15) is 0 Å². The molecule has 0 aliphatic heterocycles. The number of halogens is 1. The van der Waals surface area contributed by atoms with E-state index in [9.17, 15) is 12.8 Å². The number of rotatable bonds is 5. The Balaban J connectivity index is 2.94. The van der Waals surface area contributed by atoms with E-state index in [1.54, 1.807) is 13.1 Å². The van der Waals surface area contributed by atoms with Gasteiger partial charge in [-0.3, -0.25) is 4.31 Å². The van der Waals surface area contributed by atoms with Crippen LogP contribution in [0.5, 0.6) is 0 Å². The summed E-state index contributed by atoms with van der Waals surface area (Å²) in [5, 5.41) is 2.75. The van der Waals surface area contributed by atoms with Gasteiger partial charge in [0.05, 0.1) is 11.4 Å². The summed E-state index contributed by atoms with van der Waals surface area (Å²) in [5.41, 5.74) is 0.0682. The number of nitrogens with one attached hydrogen (secondary N) is 1. The van der Waals surface area contributed by atoms with Gasteiger partial charge in [-0.15, -0.1) is 0 Å². The highest BCUT2D eigenvalue weighted by atomic mass is 32.2. The van der Waals surface area contributed by atoms with Crippen LogP contribution in [0.1, 0.15) is 0 Å². The minimum atomic E-state index is -3.47. The minimum absolute atomic E-state index is 0.0612. The van der Waals surface area contributed by atoms with Crippen molar-refractivity contribution in [1.82, 2.24) is 5.32 Å². The lowest BCUT2D eigenvalue weighted by molar-refractivity contribution is 0.587. The number of anilines is 1. The predicted molar refractivity (Wildman–Crippen MR) is 62.5 cm³/mol. The van der Waals surface area contributed by atoms with Gasteiger partial charge >= 0.3 is 0 Å². The Hall–Kier alpha value is -1.14. The number of nitrogens with zero attached hydrogens (tertiary/aromatic N) is 1. The molecule has 0 aliphatic carbocycles. The molecule has 4 nitrogen and oxygen atoms in total. The molecule has 0 aromatic heterocycles. The summed E-state index contributed by atoms with van der Waals surface area (Å²) in [6, 6.07) is 5.79. The van der Waals surface area contributed by atoms with Gasteiger partial charge in [0.2, 0.25) is 10.0 Å². The summed E-state index contributed by atoms with van der Waals surface area (Å²) in [4.78, 5) is 0. The number of para-hydroxylation sites is 1. The summed E-state index contributed by atoms with van der Waals surface area (Å²) < 4.78 is 37.9. The van der Waals surface area contributed by atoms with Crippen LogP contribution in [-0.2, 0) is 10.0 Å². The zero-order valence-corrected chi connectivity index (χ0v) is 10.1. The number of sulfonamides is 1. The van der Waals surface area contributed by atoms with Crippen molar-refractivity contribution in [1.29, 1.82) is 0 Å². The average molecular weight is 246 g/mol. The highest BCUT2D eigenvalue weighted by Crippen LogP contribution is 2.19. The monoisotopic (exact) mass is 246 g/mol. The van der Waals surface area contributed by atoms with E-state index in [2.05, 4.69) is 5.32 Å². The lowest BCUT2D eigenvalue weighted by Gasteiger charge is -2.19. The van der Waals surface area contributed by atoms with E-state index < -0.39 is 15.8 Å². The Morgan fingerprint density at radius 2 is 2.00 bits per heavy atom. The maximum atomic E-state index is 13.4. The van der Waals surface area contributed by atoms with Crippen molar-refractivity contribution >= 4 is 15.7 Å². The van der Waals surface area contributed by atoms with Crippen molar-refractivity contribution in [3.8, 4) is 0 Å². The fourth-order valence-corrected chi connectivity index (χ4v) is 2.41. The van der Waals surface area contributed by atoms with Crippen molar-refractivity contribution in [3.05, 3.63) is 30.1 Å². The topological polar surface area (TPSA) is 49.4 Å². The Morgan fingerprint density at radius 1 is 1.38 bits per heavy atom. The fraction of sp³-hybridized carbons (Fsp3) is 0.400. The van der Waals surface area contributed by atoms with Crippen molar-refractivity contribution in [2.24, 2.45) is 0 Å². The molecule has 0 amide bonds. The third-order valence-electron chi connectivity index (χ3n) is 2.22. The molecule has 0 saturated carbocycles. The third kappa shape index (κ3) is 2.93. The molecule has 1 aromatic carbocycles. The first-order chi connectivity index (χ1) is 7.49. The van der Waals surface area contributed by atoms with Gasteiger partial charge in [0.25, 0.3) is 0 Å². The van der Waals surface area contributed by atoms with Gasteiger partial charge in [-0.25, -0.2) is 12.8 Å². The van der Waals surface area contributed by atoms with E-state index in [4.69, 9.17) is 0 Å². The summed E-state index contributed by atoms with van der Waals surface area (Å²) >= 11 is 0. The molecule has 90 valence electrons. The SMILES string of the molecule is CNCCS(=O)(=O)N(C)c1ccccc1F. The van der Waals surface area contributed by atoms with E-state index >= 15 is 0 Å². The van der Waals surface area contributed by atoms with Crippen LogP contribution >= 0.6 is 0 Å². The van der Waals surface area contributed by atoms with Crippen LogP contribution in [0, 0.1) is 5.82 Å². The Labute approximate surface area is 95.1 Å². The largest absolute Gasteiger partial charge is 0.319 e. The van der Waals surface area contributed by atoms with E-state index in [0.29, 0.717) is 6.54 Å². The minimum Gasteiger partial charge on any atom is -0.319 e. The molecule has 1 N–H and O–H groups in total. The number of hydrogen-bond donors (Lipinski definition) is 1. The Morgan fingerprint density at radius 3 is 2.56 bits per heavy atom. The van der Waals surface area contributed by atoms with Crippen molar-refractivity contribution in [2.45, 2.75) is 0 Å². The van der Waals surface area contributed by atoms with E-state index in [1.165, 1.54) is 25.2 Å². The second-order valence-corrected chi connectivity index (χ2v) is 5.46. The lowest BCUT2D eigenvalue weighted by Crippen LogP contribution is -2.33. The maximum absolute atomic E-state index is 13.4. The van der Waals surface area contributed by atoms with Crippen LogP contribution in [0.15, 0.2) is 24.3 Å². The predicted octanol–water partition coefficient (Wildman–Crippen LogP) is 0.811. The van der Waals surface area contributed by atoms with Crippen molar-refractivity contribution in [3.63, 3.8) is 0 Å². The maximum Gasteiger partial charge on any atom is 0.236 e. The quantitative estimate of drug-likeness (QED) is 0.836. The molecule has 1 aromatic rings. The van der Waals surface area contributed by atoms with Gasteiger partial charge in [0.1, 0.15) is 5.82 Å². The summed E-state index contributed by atoms with van der Waals surface area (Å²) in [5.74, 6) is -0.605. The lowest BCUT2D eigenvalue weighted by atomic mass is 10.3. The second kappa shape index (κ2) is 5.27. The molecule has 0 heterocycles. The molecule has 0 spiro atoms. The highest BCUT2D eigenvalue weighted by Gasteiger charge is 2.19. The molecule has 0 bridgehead atoms. The van der Waals surface area contributed by atoms with Crippen LogP contribution in [0.2, 0.25) is 0 Å². The molecular formula is C10H15FN2O2S. The molecule has 0 fully saturated rings. The van der Waals surface area contributed by atoms with Gasteiger partial charge < -0.3 is 5.32 Å². The summed E-state index contributed by atoms with van der Waals surface area (Å²) in [7, 11) is -0.451. The van der Waals surface area contributed by atoms with Crippen LogP contribution in [0.3, 0.4) is 0 Å². The highest BCUT2D eigenvalue weighted by molar-refractivity contribution is 7.92. The molecule has 1 rings (SSSR count). The third-order valence-corrected chi connectivity index (χ3v) is 3.97. The van der Waals surface area contributed by atoms with Gasteiger partial charge in [0.15, 0.2) is 0 Å². The van der Waals surface area contributed by atoms with E-state index in [1.807, 2.05) is 0 Å². The number of benzene rings is 1.